The van der Waals surface area contributed by atoms with Crippen molar-refractivity contribution >= 4 is 17.0 Å². The molecular weight excluding hydrogens is 300 g/mol. The van der Waals surface area contributed by atoms with Crippen LogP contribution in [0.15, 0.2) is 36.4 Å². The lowest BCUT2D eigenvalue weighted by atomic mass is 10.1. The van der Waals surface area contributed by atoms with E-state index in [1.807, 2.05) is 6.07 Å². The summed E-state index contributed by atoms with van der Waals surface area (Å²) in [5.74, 6) is 0.158. The monoisotopic (exact) mass is 322 g/mol. The fourth-order valence-corrected chi connectivity index (χ4v) is 3.01. The highest BCUT2D eigenvalue weighted by Crippen LogP contribution is 2.23. The standard InChI is InChI=1S/C20H22N2O2/c1-4-6-19-21-17-9-13(2)14(3)10-18(17)22(19)12-15-7-5-8-16(11-15)20(23)24/h5,7-11H,4,6,12H2,1-3H3,(H,23,24). The van der Waals surface area contributed by atoms with Gasteiger partial charge in [0.2, 0.25) is 0 Å². The van der Waals surface area contributed by atoms with Gasteiger partial charge in [0, 0.05) is 13.0 Å². The van der Waals surface area contributed by atoms with Crippen LogP contribution in [0.5, 0.6) is 0 Å². The van der Waals surface area contributed by atoms with Crippen LogP contribution in [0.2, 0.25) is 0 Å². The lowest BCUT2D eigenvalue weighted by Crippen LogP contribution is -2.06. The van der Waals surface area contributed by atoms with Crippen molar-refractivity contribution in [2.45, 2.75) is 40.2 Å². The summed E-state index contributed by atoms with van der Waals surface area (Å²) >= 11 is 0. The van der Waals surface area contributed by atoms with E-state index in [1.54, 1.807) is 18.2 Å². The van der Waals surface area contributed by atoms with E-state index in [4.69, 9.17) is 4.98 Å². The van der Waals surface area contributed by atoms with Crippen molar-refractivity contribution in [1.29, 1.82) is 0 Å². The van der Waals surface area contributed by atoms with Crippen molar-refractivity contribution in [3.05, 3.63) is 64.5 Å². The van der Waals surface area contributed by atoms with Gasteiger partial charge in [-0.3, -0.25) is 0 Å². The van der Waals surface area contributed by atoms with Gasteiger partial charge in [0.05, 0.1) is 16.6 Å². The largest absolute Gasteiger partial charge is 0.478 e. The SMILES string of the molecule is CCCc1nc2cc(C)c(C)cc2n1Cc1cccc(C(=O)O)c1. The molecule has 4 heteroatoms. The molecule has 0 unspecified atom stereocenters. The molecule has 0 bridgehead atoms. The minimum atomic E-state index is -0.896. The van der Waals surface area contributed by atoms with Crippen LogP contribution < -0.4 is 0 Å². The number of carboxylic acid groups (broad SMARTS) is 1. The first-order valence-electron chi connectivity index (χ1n) is 8.28. The Morgan fingerprint density at radius 1 is 1.17 bits per heavy atom. The molecule has 24 heavy (non-hydrogen) atoms. The van der Waals surface area contributed by atoms with E-state index in [9.17, 15) is 9.90 Å². The molecule has 0 saturated carbocycles. The zero-order valence-corrected chi connectivity index (χ0v) is 14.3. The van der Waals surface area contributed by atoms with E-state index in [-0.39, 0.29) is 0 Å². The normalized spacial score (nSPS) is 11.1. The summed E-state index contributed by atoms with van der Waals surface area (Å²) in [6.45, 7) is 6.99. The third kappa shape index (κ3) is 3.04. The summed E-state index contributed by atoms with van der Waals surface area (Å²) in [5.41, 5.74) is 5.90. The Bertz CT molecular complexity index is 909. The molecule has 1 N–H and O–H groups in total. The Labute approximate surface area is 141 Å². The molecule has 0 fully saturated rings. The van der Waals surface area contributed by atoms with Crippen LogP contribution in [-0.4, -0.2) is 20.6 Å². The number of fused-ring (bicyclic) bond motifs is 1. The van der Waals surface area contributed by atoms with E-state index in [1.165, 1.54) is 11.1 Å². The molecule has 0 spiro atoms. The molecule has 3 rings (SSSR count). The Kier molecular flexibility index (Phi) is 4.38. The van der Waals surface area contributed by atoms with E-state index in [2.05, 4.69) is 37.5 Å². The number of aromatic nitrogens is 2. The van der Waals surface area contributed by atoms with Gasteiger partial charge in [-0.15, -0.1) is 0 Å². The number of carbonyl (C=O) groups is 1. The average Bonchev–Trinajstić information content (AvgIpc) is 2.85. The highest BCUT2D eigenvalue weighted by Gasteiger charge is 2.13. The van der Waals surface area contributed by atoms with Gasteiger partial charge in [-0.25, -0.2) is 9.78 Å². The van der Waals surface area contributed by atoms with Gasteiger partial charge in [0.15, 0.2) is 0 Å². The van der Waals surface area contributed by atoms with Gasteiger partial charge in [-0.2, -0.15) is 0 Å². The maximum atomic E-state index is 11.2. The molecule has 0 radical (unpaired) electrons. The molecule has 3 aromatic rings. The van der Waals surface area contributed by atoms with Gasteiger partial charge in [0.25, 0.3) is 0 Å². The topological polar surface area (TPSA) is 55.1 Å². The van der Waals surface area contributed by atoms with Crippen LogP contribution in [0.3, 0.4) is 0 Å². The summed E-state index contributed by atoms with van der Waals surface area (Å²) in [4.78, 5) is 16.0. The number of carboxylic acids is 1. The van der Waals surface area contributed by atoms with Crippen molar-refractivity contribution in [3.8, 4) is 0 Å². The van der Waals surface area contributed by atoms with Crippen molar-refractivity contribution in [3.63, 3.8) is 0 Å². The number of aryl methyl sites for hydroxylation is 3. The number of rotatable bonds is 5. The van der Waals surface area contributed by atoms with E-state index < -0.39 is 5.97 Å². The van der Waals surface area contributed by atoms with Crippen LogP contribution in [0, 0.1) is 13.8 Å². The number of nitrogens with zero attached hydrogens (tertiary/aromatic N) is 2. The molecule has 0 aliphatic rings. The first kappa shape index (κ1) is 16.2. The van der Waals surface area contributed by atoms with Crippen LogP contribution in [0.25, 0.3) is 11.0 Å². The zero-order chi connectivity index (χ0) is 17.3. The van der Waals surface area contributed by atoms with Gasteiger partial charge in [-0.1, -0.05) is 19.1 Å². The maximum Gasteiger partial charge on any atom is 0.335 e. The Morgan fingerprint density at radius 3 is 2.62 bits per heavy atom. The van der Waals surface area contributed by atoms with Gasteiger partial charge in [-0.05, 0) is 61.2 Å². The minimum absolute atomic E-state index is 0.320. The molecule has 124 valence electrons. The lowest BCUT2D eigenvalue weighted by molar-refractivity contribution is 0.0696. The maximum absolute atomic E-state index is 11.2. The predicted octanol–water partition coefficient (Wildman–Crippen LogP) is 4.35. The van der Waals surface area contributed by atoms with Gasteiger partial charge in [0.1, 0.15) is 5.82 Å². The highest BCUT2D eigenvalue weighted by molar-refractivity contribution is 5.87. The molecule has 0 atom stereocenters. The first-order valence-corrected chi connectivity index (χ1v) is 8.28. The second-order valence-electron chi connectivity index (χ2n) is 6.29. The number of imidazole rings is 1. The number of hydrogen-bond donors (Lipinski definition) is 1. The molecular formula is C20H22N2O2. The minimum Gasteiger partial charge on any atom is -0.478 e. The number of benzene rings is 2. The molecule has 2 aromatic carbocycles. The van der Waals surface area contributed by atoms with E-state index >= 15 is 0 Å². The first-order chi connectivity index (χ1) is 11.5. The van der Waals surface area contributed by atoms with E-state index in [0.29, 0.717) is 12.1 Å². The molecule has 0 amide bonds. The average molecular weight is 322 g/mol. The van der Waals surface area contributed by atoms with Gasteiger partial charge >= 0.3 is 5.97 Å². The third-order valence-electron chi connectivity index (χ3n) is 4.43. The van der Waals surface area contributed by atoms with E-state index in [0.717, 1.165) is 35.3 Å². The Morgan fingerprint density at radius 2 is 1.92 bits per heavy atom. The highest BCUT2D eigenvalue weighted by atomic mass is 16.4. The summed E-state index contributed by atoms with van der Waals surface area (Å²) in [5, 5.41) is 9.19. The molecule has 4 nitrogen and oxygen atoms in total. The second-order valence-corrected chi connectivity index (χ2v) is 6.29. The van der Waals surface area contributed by atoms with Crippen LogP contribution in [0.1, 0.15) is 46.2 Å². The van der Waals surface area contributed by atoms with Crippen LogP contribution >= 0.6 is 0 Å². The fraction of sp³-hybridized carbons (Fsp3) is 0.300. The summed E-state index contributed by atoms with van der Waals surface area (Å²) in [6.07, 6.45) is 1.93. The van der Waals surface area contributed by atoms with Crippen LogP contribution in [0.4, 0.5) is 0 Å². The fourth-order valence-electron chi connectivity index (χ4n) is 3.01. The Hall–Kier alpha value is -2.62. The number of aromatic carboxylic acids is 1. The molecule has 0 aliphatic heterocycles. The predicted molar refractivity (Wildman–Crippen MR) is 95.7 cm³/mol. The summed E-state index contributed by atoms with van der Waals surface area (Å²) in [6, 6.07) is 11.4. The van der Waals surface area contributed by atoms with Gasteiger partial charge < -0.3 is 9.67 Å². The van der Waals surface area contributed by atoms with Crippen LogP contribution in [-0.2, 0) is 13.0 Å². The molecule has 1 aromatic heterocycles. The smallest absolute Gasteiger partial charge is 0.335 e. The lowest BCUT2D eigenvalue weighted by Gasteiger charge is -2.10. The molecule has 0 aliphatic carbocycles. The van der Waals surface area contributed by atoms with Crippen molar-refractivity contribution in [2.75, 3.05) is 0 Å². The second kappa shape index (κ2) is 6.48. The molecule has 1 heterocycles. The molecule has 0 saturated heterocycles. The summed E-state index contributed by atoms with van der Waals surface area (Å²) < 4.78 is 2.21. The zero-order valence-electron chi connectivity index (χ0n) is 14.3. The van der Waals surface area contributed by atoms with Crippen molar-refractivity contribution in [1.82, 2.24) is 9.55 Å². The third-order valence-corrected chi connectivity index (χ3v) is 4.43. The summed E-state index contributed by atoms with van der Waals surface area (Å²) in [7, 11) is 0. The van der Waals surface area contributed by atoms with Crippen molar-refractivity contribution in [2.24, 2.45) is 0 Å². The Balaban J connectivity index is 2.10. The quantitative estimate of drug-likeness (QED) is 0.759. The van der Waals surface area contributed by atoms with Crippen molar-refractivity contribution < 1.29 is 9.90 Å². The number of hydrogen-bond acceptors (Lipinski definition) is 2.